The van der Waals surface area contributed by atoms with E-state index >= 15 is 0 Å². The average Bonchev–Trinajstić information content (AvgIpc) is 2.58. The van der Waals surface area contributed by atoms with E-state index in [-0.39, 0.29) is 5.91 Å². The van der Waals surface area contributed by atoms with Crippen LogP contribution in [0.25, 0.3) is 5.57 Å². The molecule has 2 aliphatic heterocycles. The molecule has 1 aromatic rings. The van der Waals surface area contributed by atoms with Crippen molar-refractivity contribution in [3.63, 3.8) is 0 Å². The van der Waals surface area contributed by atoms with E-state index in [9.17, 15) is 4.79 Å². The van der Waals surface area contributed by atoms with E-state index < -0.39 is 0 Å². The Morgan fingerprint density at radius 2 is 2.13 bits per heavy atom. The maximum absolute atomic E-state index is 11.5. The number of carbonyl (C=O) groups is 1. The first-order chi connectivity index (χ1) is 7.25. The fourth-order valence-electron chi connectivity index (χ4n) is 1.84. The molecule has 1 amide bonds. The number of aryl methyl sites for hydroxylation is 1. The molecular weight excluding hydrogens is 188 g/mol. The van der Waals surface area contributed by atoms with Gasteiger partial charge in [0.25, 0.3) is 5.91 Å². The Labute approximate surface area is 86.9 Å². The van der Waals surface area contributed by atoms with Crippen LogP contribution in [-0.2, 0) is 4.79 Å². The SMILES string of the molecule is Cc1ccc2c(c1)C1=CC=NC(=O)C1=N2. The van der Waals surface area contributed by atoms with Gasteiger partial charge in [-0.3, -0.25) is 4.79 Å². The monoisotopic (exact) mass is 196 g/mol. The molecule has 3 heteroatoms. The standard InChI is InChI=1S/C12H8N2O/c1-7-2-3-10-9(6-7)8-4-5-13-12(15)11(8)14-10/h2-6H,1H3. The van der Waals surface area contributed by atoms with E-state index in [1.54, 1.807) is 0 Å². The molecule has 2 aliphatic rings. The highest BCUT2D eigenvalue weighted by molar-refractivity contribution is 6.60. The van der Waals surface area contributed by atoms with Crippen LogP contribution in [0.4, 0.5) is 5.69 Å². The Balaban J connectivity index is 2.27. The number of carbonyl (C=O) groups excluding carboxylic acids is 1. The fraction of sp³-hybridized carbons (Fsp3) is 0.0833. The second kappa shape index (κ2) is 2.73. The third-order valence-electron chi connectivity index (χ3n) is 2.57. The van der Waals surface area contributed by atoms with Gasteiger partial charge in [-0.2, -0.15) is 0 Å². The summed E-state index contributed by atoms with van der Waals surface area (Å²) in [6.07, 6.45) is 3.37. The van der Waals surface area contributed by atoms with E-state index in [1.807, 2.05) is 31.2 Å². The quantitative estimate of drug-likeness (QED) is 0.626. The maximum atomic E-state index is 11.5. The third-order valence-corrected chi connectivity index (χ3v) is 2.57. The van der Waals surface area contributed by atoms with Crippen molar-refractivity contribution in [3.8, 4) is 0 Å². The van der Waals surface area contributed by atoms with E-state index in [0.29, 0.717) is 5.71 Å². The molecule has 0 aromatic heterocycles. The lowest BCUT2D eigenvalue weighted by molar-refractivity contribution is -0.111. The summed E-state index contributed by atoms with van der Waals surface area (Å²) in [5.41, 5.74) is 4.43. The Kier molecular flexibility index (Phi) is 1.51. The smallest absolute Gasteiger partial charge is 0.265 e. The predicted molar refractivity (Wildman–Crippen MR) is 59.8 cm³/mol. The summed E-state index contributed by atoms with van der Waals surface area (Å²) in [4.78, 5) is 19.4. The first-order valence-corrected chi connectivity index (χ1v) is 4.74. The fourth-order valence-corrected chi connectivity index (χ4v) is 1.84. The highest BCUT2D eigenvalue weighted by Crippen LogP contribution is 2.36. The lowest BCUT2D eigenvalue weighted by Crippen LogP contribution is -2.13. The van der Waals surface area contributed by atoms with Gasteiger partial charge in [0.15, 0.2) is 0 Å². The van der Waals surface area contributed by atoms with Crippen molar-refractivity contribution in [2.24, 2.45) is 9.98 Å². The van der Waals surface area contributed by atoms with Crippen molar-refractivity contribution in [3.05, 3.63) is 35.4 Å². The zero-order valence-electron chi connectivity index (χ0n) is 8.19. The molecule has 0 unspecified atom stereocenters. The zero-order chi connectivity index (χ0) is 10.4. The van der Waals surface area contributed by atoms with E-state index in [4.69, 9.17) is 0 Å². The number of benzene rings is 1. The van der Waals surface area contributed by atoms with Crippen LogP contribution >= 0.6 is 0 Å². The van der Waals surface area contributed by atoms with Crippen LogP contribution in [0.2, 0.25) is 0 Å². The minimum absolute atomic E-state index is 0.249. The number of aliphatic imine (C=N–C) groups is 2. The Bertz CT molecular complexity index is 565. The van der Waals surface area contributed by atoms with Crippen LogP contribution in [0, 0.1) is 6.92 Å². The summed E-state index contributed by atoms with van der Waals surface area (Å²) in [6.45, 7) is 2.03. The number of rotatable bonds is 0. The van der Waals surface area contributed by atoms with Crippen LogP contribution in [0.15, 0.2) is 34.3 Å². The van der Waals surface area contributed by atoms with Gasteiger partial charge in [-0.1, -0.05) is 11.6 Å². The average molecular weight is 196 g/mol. The minimum atomic E-state index is -0.249. The van der Waals surface area contributed by atoms with Gasteiger partial charge < -0.3 is 0 Å². The maximum Gasteiger partial charge on any atom is 0.296 e. The topological polar surface area (TPSA) is 41.8 Å². The number of hydrogen-bond acceptors (Lipinski definition) is 2. The molecule has 1 aromatic carbocycles. The minimum Gasteiger partial charge on any atom is -0.265 e. The summed E-state index contributed by atoms with van der Waals surface area (Å²) in [6, 6.07) is 5.97. The van der Waals surface area contributed by atoms with E-state index in [1.165, 1.54) is 11.8 Å². The number of amides is 1. The summed E-state index contributed by atoms with van der Waals surface area (Å²) >= 11 is 0. The lowest BCUT2D eigenvalue weighted by Gasteiger charge is -2.04. The van der Waals surface area contributed by atoms with Gasteiger partial charge in [0.2, 0.25) is 0 Å². The van der Waals surface area contributed by atoms with Gasteiger partial charge in [-0.25, -0.2) is 9.98 Å². The van der Waals surface area contributed by atoms with E-state index in [0.717, 1.165) is 16.8 Å². The molecule has 0 saturated heterocycles. The number of fused-ring (bicyclic) bond motifs is 3. The van der Waals surface area contributed by atoms with Crippen molar-refractivity contribution in [1.82, 2.24) is 0 Å². The molecule has 3 nitrogen and oxygen atoms in total. The van der Waals surface area contributed by atoms with Gasteiger partial charge in [-0.15, -0.1) is 0 Å². The third kappa shape index (κ3) is 1.09. The van der Waals surface area contributed by atoms with Crippen LogP contribution in [0.3, 0.4) is 0 Å². The zero-order valence-corrected chi connectivity index (χ0v) is 8.19. The molecule has 0 radical (unpaired) electrons. The Morgan fingerprint density at radius 3 is 3.00 bits per heavy atom. The van der Waals surface area contributed by atoms with E-state index in [2.05, 4.69) is 9.98 Å². The van der Waals surface area contributed by atoms with Crippen molar-refractivity contribution >= 4 is 29.1 Å². The van der Waals surface area contributed by atoms with Crippen molar-refractivity contribution in [2.75, 3.05) is 0 Å². The van der Waals surface area contributed by atoms with Crippen molar-refractivity contribution < 1.29 is 4.79 Å². The Morgan fingerprint density at radius 1 is 1.27 bits per heavy atom. The first-order valence-electron chi connectivity index (χ1n) is 4.74. The molecule has 3 rings (SSSR count). The largest absolute Gasteiger partial charge is 0.296 e. The molecule has 2 heterocycles. The second-order valence-corrected chi connectivity index (χ2v) is 3.64. The molecular formula is C12H8N2O. The highest BCUT2D eigenvalue weighted by Gasteiger charge is 2.27. The molecule has 0 fully saturated rings. The second-order valence-electron chi connectivity index (χ2n) is 3.64. The van der Waals surface area contributed by atoms with Crippen molar-refractivity contribution in [1.29, 1.82) is 0 Å². The lowest BCUT2D eigenvalue weighted by atomic mass is 9.99. The van der Waals surface area contributed by atoms with Crippen LogP contribution in [-0.4, -0.2) is 17.8 Å². The normalized spacial score (nSPS) is 17.0. The summed E-state index contributed by atoms with van der Waals surface area (Å²) in [7, 11) is 0. The number of hydrogen-bond donors (Lipinski definition) is 0. The van der Waals surface area contributed by atoms with Gasteiger partial charge in [0.05, 0.1) is 5.69 Å². The van der Waals surface area contributed by atoms with Gasteiger partial charge in [-0.05, 0) is 25.1 Å². The molecule has 0 saturated carbocycles. The van der Waals surface area contributed by atoms with Crippen LogP contribution < -0.4 is 0 Å². The summed E-state index contributed by atoms with van der Waals surface area (Å²) < 4.78 is 0. The van der Waals surface area contributed by atoms with Crippen molar-refractivity contribution in [2.45, 2.75) is 6.92 Å². The van der Waals surface area contributed by atoms with Crippen LogP contribution in [0.5, 0.6) is 0 Å². The number of nitrogens with zero attached hydrogens (tertiary/aromatic N) is 2. The number of dihydropyridines is 1. The predicted octanol–water partition coefficient (Wildman–Crippen LogP) is 2.08. The molecule has 15 heavy (non-hydrogen) atoms. The molecule has 72 valence electrons. The highest BCUT2D eigenvalue weighted by atomic mass is 16.1. The van der Waals surface area contributed by atoms with Gasteiger partial charge >= 0.3 is 0 Å². The summed E-state index contributed by atoms with van der Waals surface area (Å²) in [5.74, 6) is -0.249. The van der Waals surface area contributed by atoms with Gasteiger partial charge in [0.1, 0.15) is 5.71 Å². The Hall–Kier alpha value is -2.03. The molecule has 0 bridgehead atoms. The number of allylic oxidation sites excluding steroid dienone is 1. The molecule has 0 atom stereocenters. The van der Waals surface area contributed by atoms with Crippen LogP contribution in [0.1, 0.15) is 11.1 Å². The van der Waals surface area contributed by atoms with Gasteiger partial charge in [0, 0.05) is 17.4 Å². The molecule has 0 aliphatic carbocycles. The summed E-state index contributed by atoms with van der Waals surface area (Å²) in [5, 5.41) is 0. The first kappa shape index (κ1) is 8.29. The molecule has 0 N–H and O–H groups in total. The molecule has 0 spiro atoms.